The first kappa shape index (κ1) is 14.1. The van der Waals surface area contributed by atoms with Gasteiger partial charge in [-0.25, -0.2) is 4.79 Å². The summed E-state index contributed by atoms with van der Waals surface area (Å²) in [7, 11) is 1.66. The van der Waals surface area contributed by atoms with Crippen molar-refractivity contribution in [3.8, 4) is 11.5 Å². The van der Waals surface area contributed by atoms with Crippen molar-refractivity contribution >= 4 is 6.08 Å². The molecule has 0 spiro atoms. The molecule has 5 heteroatoms. The first-order valence-corrected chi connectivity index (χ1v) is 7.31. The molecular weight excluding hydrogens is 270 g/mol. The molecule has 0 N–H and O–H groups in total. The van der Waals surface area contributed by atoms with Gasteiger partial charge in [-0.2, -0.15) is 4.99 Å². The zero-order chi connectivity index (χ0) is 14.7. The van der Waals surface area contributed by atoms with Crippen LogP contribution >= 0.6 is 0 Å². The van der Waals surface area contributed by atoms with E-state index in [0.29, 0.717) is 19.8 Å². The SMILES string of the molecule is COCc1ccc2c(c1C1(N=C=O)CCCC1)OCCO2. The summed E-state index contributed by atoms with van der Waals surface area (Å²) < 4.78 is 16.8. The van der Waals surface area contributed by atoms with Gasteiger partial charge in [0.1, 0.15) is 18.8 Å². The minimum atomic E-state index is -0.540. The minimum absolute atomic E-state index is 0.460. The molecule has 1 aliphatic heterocycles. The van der Waals surface area contributed by atoms with Crippen LogP contribution in [0, 0.1) is 0 Å². The largest absolute Gasteiger partial charge is 0.486 e. The van der Waals surface area contributed by atoms with Crippen molar-refractivity contribution in [2.75, 3.05) is 20.3 Å². The monoisotopic (exact) mass is 289 g/mol. The van der Waals surface area contributed by atoms with E-state index in [2.05, 4.69) is 4.99 Å². The van der Waals surface area contributed by atoms with E-state index >= 15 is 0 Å². The molecule has 2 aliphatic rings. The maximum absolute atomic E-state index is 11.0. The van der Waals surface area contributed by atoms with E-state index in [9.17, 15) is 4.79 Å². The second-order valence-corrected chi connectivity index (χ2v) is 5.50. The van der Waals surface area contributed by atoms with Gasteiger partial charge in [0.15, 0.2) is 11.5 Å². The lowest BCUT2D eigenvalue weighted by Crippen LogP contribution is -2.26. The Bertz CT molecular complexity index is 572. The highest BCUT2D eigenvalue weighted by molar-refractivity contribution is 5.56. The van der Waals surface area contributed by atoms with Crippen molar-refractivity contribution in [2.24, 2.45) is 4.99 Å². The van der Waals surface area contributed by atoms with E-state index < -0.39 is 5.54 Å². The maximum Gasteiger partial charge on any atom is 0.235 e. The van der Waals surface area contributed by atoms with E-state index in [-0.39, 0.29) is 0 Å². The number of rotatable bonds is 4. The van der Waals surface area contributed by atoms with E-state index in [1.807, 2.05) is 12.1 Å². The number of hydrogen-bond acceptors (Lipinski definition) is 5. The normalized spacial score (nSPS) is 19.1. The third kappa shape index (κ3) is 2.43. The van der Waals surface area contributed by atoms with Gasteiger partial charge in [-0.15, -0.1) is 0 Å². The fourth-order valence-corrected chi connectivity index (χ4v) is 3.41. The highest BCUT2D eigenvalue weighted by atomic mass is 16.6. The van der Waals surface area contributed by atoms with Gasteiger partial charge < -0.3 is 14.2 Å². The summed E-state index contributed by atoms with van der Waals surface area (Å²) in [5.74, 6) is 1.44. The summed E-state index contributed by atoms with van der Waals surface area (Å²) in [4.78, 5) is 15.2. The van der Waals surface area contributed by atoms with Crippen LogP contribution in [-0.2, 0) is 21.7 Å². The van der Waals surface area contributed by atoms with Crippen LogP contribution in [0.3, 0.4) is 0 Å². The summed E-state index contributed by atoms with van der Waals surface area (Å²) >= 11 is 0. The van der Waals surface area contributed by atoms with Crippen LogP contribution in [0.4, 0.5) is 0 Å². The maximum atomic E-state index is 11.0. The molecule has 0 radical (unpaired) electrons. The van der Waals surface area contributed by atoms with Gasteiger partial charge in [-0.1, -0.05) is 18.9 Å². The van der Waals surface area contributed by atoms with Gasteiger partial charge in [-0.3, -0.25) is 0 Å². The number of fused-ring (bicyclic) bond motifs is 1. The first-order chi connectivity index (χ1) is 10.3. The van der Waals surface area contributed by atoms with Crippen molar-refractivity contribution in [3.05, 3.63) is 23.3 Å². The molecule has 1 aromatic carbocycles. The van der Waals surface area contributed by atoms with Crippen LogP contribution in [-0.4, -0.2) is 26.4 Å². The van der Waals surface area contributed by atoms with Crippen molar-refractivity contribution in [1.82, 2.24) is 0 Å². The standard InChI is InChI=1S/C16H19NO4/c1-19-10-12-4-5-13-15(21-9-8-20-13)14(12)16(17-11-18)6-2-3-7-16/h4-5H,2-3,6-10H2,1H3. The molecular formula is C16H19NO4. The molecule has 21 heavy (non-hydrogen) atoms. The quantitative estimate of drug-likeness (QED) is 0.631. The van der Waals surface area contributed by atoms with Gasteiger partial charge in [-0.05, 0) is 24.5 Å². The molecule has 1 heterocycles. The van der Waals surface area contributed by atoms with Crippen LogP contribution in [0.2, 0.25) is 0 Å². The molecule has 0 saturated heterocycles. The predicted molar refractivity (Wildman–Crippen MR) is 76.4 cm³/mol. The summed E-state index contributed by atoms with van der Waals surface area (Å²) in [6.07, 6.45) is 5.51. The molecule has 5 nitrogen and oxygen atoms in total. The summed E-state index contributed by atoms with van der Waals surface area (Å²) in [6, 6.07) is 3.88. The zero-order valence-corrected chi connectivity index (χ0v) is 12.2. The molecule has 0 amide bonds. The Morgan fingerprint density at radius 2 is 2.05 bits per heavy atom. The van der Waals surface area contributed by atoms with Crippen molar-refractivity contribution in [2.45, 2.75) is 37.8 Å². The molecule has 1 saturated carbocycles. The number of hydrogen-bond donors (Lipinski definition) is 0. The Kier molecular flexibility index (Phi) is 3.95. The molecule has 0 bridgehead atoms. The third-order valence-electron chi connectivity index (χ3n) is 4.25. The number of methoxy groups -OCH3 is 1. The Morgan fingerprint density at radius 3 is 2.76 bits per heavy atom. The smallest absolute Gasteiger partial charge is 0.235 e. The fraction of sp³-hybridized carbons (Fsp3) is 0.562. The van der Waals surface area contributed by atoms with Gasteiger partial charge >= 0.3 is 0 Å². The van der Waals surface area contributed by atoms with Crippen molar-refractivity contribution < 1.29 is 19.0 Å². The van der Waals surface area contributed by atoms with Gasteiger partial charge in [0, 0.05) is 12.7 Å². The van der Waals surface area contributed by atoms with Crippen LogP contribution < -0.4 is 9.47 Å². The van der Waals surface area contributed by atoms with Crippen LogP contribution in [0.15, 0.2) is 17.1 Å². The van der Waals surface area contributed by atoms with Crippen LogP contribution in [0.25, 0.3) is 0 Å². The molecule has 0 aromatic heterocycles. The summed E-state index contributed by atoms with van der Waals surface area (Å²) in [5, 5.41) is 0. The molecule has 0 unspecified atom stereocenters. The van der Waals surface area contributed by atoms with E-state index in [1.54, 1.807) is 13.2 Å². The Balaban J connectivity index is 2.19. The third-order valence-corrected chi connectivity index (χ3v) is 4.25. The number of benzene rings is 1. The second kappa shape index (κ2) is 5.88. The Hall–Kier alpha value is -1.84. The molecule has 1 fully saturated rings. The highest BCUT2D eigenvalue weighted by Gasteiger charge is 2.41. The summed E-state index contributed by atoms with van der Waals surface area (Å²) in [6.45, 7) is 1.51. The number of aliphatic imine (C=N–C) groups is 1. The molecule has 1 aliphatic carbocycles. The zero-order valence-electron chi connectivity index (χ0n) is 12.2. The number of ether oxygens (including phenoxy) is 3. The van der Waals surface area contributed by atoms with Crippen LogP contribution in [0.5, 0.6) is 11.5 Å². The van der Waals surface area contributed by atoms with Crippen molar-refractivity contribution in [3.63, 3.8) is 0 Å². The molecule has 112 valence electrons. The second-order valence-electron chi connectivity index (χ2n) is 5.50. The Morgan fingerprint density at radius 1 is 1.29 bits per heavy atom. The number of carbonyl (C=O) groups excluding carboxylic acids is 1. The predicted octanol–water partition coefficient (Wildman–Crippen LogP) is 2.71. The van der Waals surface area contributed by atoms with Gasteiger partial charge in [0.2, 0.25) is 6.08 Å². The number of nitrogens with zero attached hydrogens (tertiary/aromatic N) is 1. The number of isocyanates is 1. The lowest BCUT2D eigenvalue weighted by Gasteiger charge is -2.31. The lowest BCUT2D eigenvalue weighted by molar-refractivity contribution is 0.161. The molecule has 0 atom stereocenters. The minimum Gasteiger partial charge on any atom is -0.486 e. The van der Waals surface area contributed by atoms with E-state index in [1.165, 1.54) is 0 Å². The molecule has 3 rings (SSSR count). The topological polar surface area (TPSA) is 57.1 Å². The van der Waals surface area contributed by atoms with E-state index in [4.69, 9.17) is 14.2 Å². The Labute approximate surface area is 123 Å². The van der Waals surface area contributed by atoms with E-state index in [0.717, 1.165) is 48.3 Å². The van der Waals surface area contributed by atoms with Gasteiger partial charge in [0.25, 0.3) is 0 Å². The average Bonchev–Trinajstić information content (AvgIpc) is 2.97. The van der Waals surface area contributed by atoms with Crippen molar-refractivity contribution in [1.29, 1.82) is 0 Å². The lowest BCUT2D eigenvalue weighted by atomic mass is 9.84. The van der Waals surface area contributed by atoms with Gasteiger partial charge in [0.05, 0.1) is 6.61 Å². The average molecular weight is 289 g/mol. The highest BCUT2D eigenvalue weighted by Crippen LogP contribution is 2.50. The molecule has 1 aromatic rings. The summed E-state index contributed by atoms with van der Waals surface area (Å²) in [5.41, 5.74) is 1.41. The fourth-order valence-electron chi connectivity index (χ4n) is 3.41. The first-order valence-electron chi connectivity index (χ1n) is 7.31. The van der Waals surface area contributed by atoms with Crippen LogP contribution in [0.1, 0.15) is 36.8 Å².